The number of nitro groups is 1. The molecular formula is C10H4F7NO2. The van der Waals surface area contributed by atoms with Crippen LogP contribution in [0.5, 0.6) is 0 Å². The van der Waals surface area contributed by atoms with Gasteiger partial charge in [0.05, 0.1) is 10.5 Å². The van der Waals surface area contributed by atoms with Gasteiger partial charge in [-0.1, -0.05) is 6.07 Å². The van der Waals surface area contributed by atoms with Crippen molar-refractivity contribution >= 4 is 5.57 Å². The van der Waals surface area contributed by atoms with E-state index in [-0.39, 0.29) is 12.1 Å². The Kier molecular flexibility index (Phi) is 4.06. The molecular weight excluding hydrogens is 299 g/mol. The minimum Gasteiger partial charge on any atom is -0.259 e. The Balaban J connectivity index is 3.49. The predicted molar refractivity (Wildman–Crippen MR) is 52.4 cm³/mol. The molecule has 1 aromatic carbocycles. The van der Waals surface area contributed by atoms with E-state index >= 15 is 0 Å². The summed E-state index contributed by atoms with van der Waals surface area (Å²) in [6.07, 6.45) is -11.0. The summed E-state index contributed by atoms with van der Waals surface area (Å²) in [7, 11) is 0. The number of halogens is 7. The fourth-order valence-corrected chi connectivity index (χ4v) is 1.33. The lowest BCUT2D eigenvalue weighted by Gasteiger charge is -2.13. The van der Waals surface area contributed by atoms with Gasteiger partial charge in [0.25, 0.3) is 0 Å². The quantitative estimate of drug-likeness (QED) is 0.470. The topological polar surface area (TPSA) is 43.1 Å². The van der Waals surface area contributed by atoms with E-state index in [0.29, 0.717) is 6.07 Å². The summed E-state index contributed by atoms with van der Waals surface area (Å²) in [5.74, 6) is -1.77. The fourth-order valence-electron chi connectivity index (χ4n) is 1.33. The van der Waals surface area contributed by atoms with Gasteiger partial charge in [0.2, 0.25) is 6.20 Å². The molecule has 0 aromatic heterocycles. The molecule has 0 bridgehead atoms. The highest BCUT2D eigenvalue weighted by Gasteiger charge is 2.40. The number of alkyl halides is 6. The molecule has 0 fully saturated rings. The first kappa shape index (κ1) is 15.9. The molecule has 0 N–H and O–H groups in total. The number of hydrogen-bond donors (Lipinski definition) is 0. The molecule has 0 atom stereocenters. The van der Waals surface area contributed by atoms with Crippen molar-refractivity contribution in [3.8, 4) is 0 Å². The van der Waals surface area contributed by atoms with Gasteiger partial charge in [0.15, 0.2) is 0 Å². The van der Waals surface area contributed by atoms with Gasteiger partial charge in [-0.05, 0) is 17.7 Å². The van der Waals surface area contributed by atoms with Crippen molar-refractivity contribution in [1.82, 2.24) is 0 Å². The largest absolute Gasteiger partial charge is 0.422 e. The Morgan fingerprint density at radius 1 is 1.15 bits per heavy atom. The zero-order valence-corrected chi connectivity index (χ0v) is 9.22. The fraction of sp³-hybridized carbons (Fsp3) is 0.200. The van der Waals surface area contributed by atoms with Gasteiger partial charge in [0.1, 0.15) is 11.4 Å². The lowest BCUT2D eigenvalue weighted by molar-refractivity contribution is -0.402. The number of allylic oxidation sites excluding steroid dienone is 1. The summed E-state index contributed by atoms with van der Waals surface area (Å²) in [6.45, 7) is 0. The zero-order valence-electron chi connectivity index (χ0n) is 9.22. The van der Waals surface area contributed by atoms with Crippen molar-refractivity contribution in [2.45, 2.75) is 12.4 Å². The van der Waals surface area contributed by atoms with E-state index in [4.69, 9.17) is 0 Å². The minimum atomic E-state index is -5.26. The summed E-state index contributed by atoms with van der Waals surface area (Å²) in [6, 6.07) is 0.420. The number of benzene rings is 1. The van der Waals surface area contributed by atoms with E-state index in [1.165, 1.54) is 0 Å². The van der Waals surface area contributed by atoms with Crippen LogP contribution in [0.15, 0.2) is 24.4 Å². The lowest BCUT2D eigenvalue weighted by Crippen LogP contribution is -2.14. The molecule has 20 heavy (non-hydrogen) atoms. The van der Waals surface area contributed by atoms with E-state index in [1.807, 2.05) is 0 Å². The first-order chi connectivity index (χ1) is 8.93. The average Bonchev–Trinajstić information content (AvgIpc) is 2.23. The molecule has 0 unspecified atom stereocenters. The van der Waals surface area contributed by atoms with Crippen molar-refractivity contribution in [3.63, 3.8) is 0 Å². The van der Waals surface area contributed by atoms with Crippen LogP contribution in [0.3, 0.4) is 0 Å². The maximum absolute atomic E-state index is 12.9. The van der Waals surface area contributed by atoms with Crippen molar-refractivity contribution in [2.75, 3.05) is 0 Å². The van der Waals surface area contributed by atoms with Gasteiger partial charge in [-0.3, -0.25) is 10.1 Å². The molecule has 0 saturated carbocycles. The van der Waals surface area contributed by atoms with Crippen molar-refractivity contribution < 1.29 is 35.7 Å². The van der Waals surface area contributed by atoms with Crippen LogP contribution in [0.25, 0.3) is 5.57 Å². The highest BCUT2D eigenvalue weighted by Crippen LogP contribution is 2.38. The lowest BCUT2D eigenvalue weighted by atomic mass is 10.0. The first-order valence-corrected chi connectivity index (χ1v) is 4.72. The molecule has 0 aliphatic carbocycles. The van der Waals surface area contributed by atoms with E-state index in [1.54, 1.807) is 0 Å². The second-order valence-corrected chi connectivity index (χ2v) is 3.52. The van der Waals surface area contributed by atoms with Crippen LogP contribution >= 0.6 is 0 Å². The maximum Gasteiger partial charge on any atom is 0.422 e. The second-order valence-electron chi connectivity index (χ2n) is 3.52. The van der Waals surface area contributed by atoms with Crippen molar-refractivity contribution in [2.24, 2.45) is 0 Å². The second kappa shape index (κ2) is 5.10. The Morgan fingerprint density at radius 3 is 2.10 bits per heavy atom. The van der Waals surface area contributed by atoms with E-state index < -0.39 is 46.0 Å². The molecule has 0 heterocycles. The Bertz CT molecular complexity index is 560. The van der Waals surface area contributed by atoms with Gasteiger partial charge in [-0.2, -0.15) is 26.3 Å². The standard InChI is InChI=1S/C10H4F7NO2/c11-8-2-1-5(3-6(8)9(12,13)14)7(4-18(19)20)10(15,16)17/h1-4H. The third-order valence-corrected chi connectivity index (χ3v) is 2.12. The van der Waals surface area contributed by atoms with Crippen LogP contribution in [0.1, 0.15) is 11.1 Å². The Morgan fingerprint density at radius 2 is 1.70 bits per heavy atom. The van der Waals surface area contributed by atoms with Gasteiger partial charge in [-0.15, -0.1) is 0 Å². The summed E-state index contributed by atoms with van der Waals surface area (Å²) in [5, 5.41) is 10.1. The molecule has 0 aliphatic heterocycles. The highest BCUT2D eigenvalue weighted by atomic mass is 19.4. The molecule has 0 amide bonds. The zero-order chi connectivity index (χ0) is 15.7. The van der Waals surface area contributed by atoms with Crippen LogP contribution in [-0.4, -0.2) is 11.1 Å². The molecule has 0 aliphatic rings. The van der Waals surface area contributed by atoms with Crippen LogP contribution in [0.2, 0.25) is 0 Å². The molecule has 10 heteroatoms. The number of hydrogen-bond acceptors (Lipinski definition) is 2. The molecule has 0 radical (unpaired) electrons. The third kappa shape index (κ3) is 3.68. The molecule has 110 valence electrons. The Hall–Kier alpha value is -2.13. The summed E-state index contributed by atoms with van der Waals surface area (Å²) < 4.78 is 87.7. The summed E-state index contributed by atoms with van der Waals surface area (Å²) in [5.41, 5.74) is -5.00. The van der Waals surface area contributed by atoms with Crippen LogP contribution in [0.4, 0.5) is 30.7 Å². The van der Waals surface area contributed by atoms with Gasteiger partial charge in [0, 0.05) is 0 Å². The van der Waals surface area contributed by atoms with Crippen LogP contribution in [-0.2, 0) is 6.18 Å². The van der Waals surface area contributed by atoms with Crippen LogP contribution < -0.4 is 0 Å². The average molecular weight is 303 g/mol. The smallest absolute Gasteiger partial charge is 0.259 e. The van der Waals surface area contributed by atoms with Gasteiger partial charge < -0.3 is 0 Å². The summed E-state index contributed by atoms with van der Waals surface area (Å²) in [4.78, 5) is 8.65. The monoisotopic (exact) mass is 303 g/mol. The molecule has 0 saturated heterocycles. The molecule has 1 aromatic rings. The first-order valence-electron chi connectivity index (χ1n) is 4.72. The van der Waals surface area contributed by atoms with E-state index in [9.17, 15) is 40.8 Å². The summed E-state index contributed by atoms with van der Waals surface area (Å²) >= 11 is 0. The minimum absolute atomic E-state index is 0.127. The van der Waals surface area contributed by atoms with Gasteiger partial charge in [-0.25, -0.2) is 4.39 Å². The Labute approximate surface area is 106 Å². The van der Waals surface area contributed by atoms with E-state index in [2.05, 4.69) is 0 Å². The number of nitrogens with zero attached hydrogens (tertiary/aromatic N) is 1. The van der Waals surface area contributed by atoms with Crippen molar-refractivity contribution in [3.05, 3.63) is 51.5 Å². The number of rotatable bonds is 2. The maximum atomic E-state index is 12.9. The molecule has 1 rings (SSSR count). The van der Waals surface area contributed by atoms with Crippen LogP contribution in [0, 0.1) is 15.9 Å². The normalized spacial score (nSPS) is 13.4. The molecule has 3 nitrogen and oxygen atoms in total. The third-order valence-electron chi connectivity index (χ3n) is 2.12. The van der Waals surface area contributed by atoms with Gasteiger partial charge >= 0.3 is 12.4 Å². The molecule has 0 spiro atoms. The SMILES string of the molecule is O=[N+]([O-])C=C(c1ccc(F)c(C(F)(F)F)c1)C(F)(F)F. The van der Waals surface area contributed by atoms with E-state index in [0.717, 1.165) is 0 Å². The highest BCUT2D eigenvalue weighted by molar-refractivity contribution is 5.69. The predicted octanol–water partition coefficient (Wildman–Crippen LogP) is 4.02. The van der Waals surface area contributed by atoms with Crippen molar-refractivity contribution in [1.29, 1.82) is 0 Å².